The number of hydrogen-bond acceptors (Lipinski definition) is 2. The molecular weight excluding hydrogens is 260 g/mol. The molecule has 0 bridgehead atoms. The van der Waals surface area contributed by atoms with Crippen molar-refractivity contribution in [2.45, 2.75) is 38.5 Å². The Bertz CT molecular complexity index is 474. The summed E-state index contributed by atoms with van der Waals surface area (Å²) < 4.78 is 0. The normalized spacial score (nSPS) is 19.9. The van der Waals surface area contributed by atoms with Gasteiger partial charge in [0.05, 0.1) is 0 Å². The first-order chi connectivity index (χ1) is 10.3. The van der Waals surface area contributed by atoms with E-state index < -0.39 is 0 Å². The molecule has 1 aromatic rings. The first kappa shape index (κ1) is 14.6. The number of benzene rings is 1. The van der Waals surface area contributed by atoms with Crippen molar-refractivity contribution in [3.63, 3.8) is 0 Å². The Balaban J connectivity index is 1.58. The third-order valence-electron chi connectivity index (χ3n) is 4.87. The largest absolute Gasteiger partial charge is 0.339 e. The summed E-state index contributed by atoms with van der Waals surface area (Å²) in [6.45, 7) is 4.19. The molecule has 3 heteroatoms. The number of piperidine rings is 1. The molecule has 2 saturated heterocycles. The van der Waals surface area contributed by atoms with Gasteiger partial charge < -0.3 is 10.2 Å². The lowest BCUT2D eigenvalue weighted by atomic mass is 9.91. The summed E-state index contributed by atoms with van der Waals surface area (Å²) in [5.41, 5.74) is 2.19. The fourth-order valence-corrected chi connectivity index (χ4v) is 3.50. The Hall–Kier alpha value is -1.35. The fraction of sp³-hybridized carbons (Fsp3) is 0.611. The van der Waals surface area contributed by atoms with Crippen LogP contribution < -0.4 is 5.32 Å². The molecule has 3 rings (SSSR count). The Morgan fingerprint density at radius 2 is 1.95 bits per heavy atom. The zero-order chi connectivity index (χ0) is 14.5. The number of nitrogens with one attached hydrogen (secondary N) is 1. The zero-order valence-electron chi connectivity index (χ0n) is 12.8. The molecule has 0 unspecified atom stereocenters. The Morgan fingerprint density at radius 3 is 2.71 bits per heavy atom. The molecule has 1 N–H and O–H groups in total. The minimum atomic E-state index is 0.219. The van der Waals surface area contributed by atoms with E-state index in [1.165, 1.54) is 24.8 Å². The van der Waals surface area contributed by atoms with Gasteiger partial charge in [0.2, 0.25) is 0 Å². The summed E-state index contributed by atoms with van der Waals surface area (Å²) in [6, 6.07) is 8.29. The first-order valence-corrected chi connectivity index (χ1v) is 8.42. The van der Waals surface area contributed by atoms with Crippen LogP contribution in [-0.2, 0) is 6.42 Å². The van der Waals surface area contributed by atoms with Gasteiger partial charge >= 0.3 is 0 Å². The number of rotatable bonds is 4. The highest BCUT2D eigenvalue weighted by Gasteiger charge is 2.19. The third-order valence-corrected chi connectivity index (χ3v) is 4.87. The molecule has 0 spiro atoms. The Morgan fingerprint density at radius 1 is 1.19 bits per heavy atom. The predicted molar refractivity (Wildman–Crippen MR) is 85.5 cm³/mol. The van der Waals surface area contributed by atoms with Gasteiger partial charge in [-0.1, -0.05) is 12.1 Å². The van der Waals surface area contributed by atoms with Gasteiger partial charge in [-0.05, 0) is 75.2 Å². The van der Waals surface area contributed by atoms with Gasteiger partial charge in [-0.3, -0.25) is 4.79 Å². The van der Waals surface area contributed by atoms with Gasteiger partial charge in [0, 0.05) is 18.7 Å². The second kappa shape index (κ2) is 7.08. The maximum Gasteiger partial charge on any atom is 0.253 e. The van der Waals surface area contributed by atoms with Crippen LogP contribution in [0, 0.1) is 5.92 Å². The van der Waals surface area contributed by atoms with Crippen molar-refractivity contribution in [3.8, 4) is 0 Å². The number of nitrogens with zero attached hydrogens (tertiary/aromatic N) is 1. The summed E-state index contributed by atoms with van der Waals surface area (Å²) in [5.74, 6) is 1.07. The fourth-order valence-electron chi connectivity index (χ4n) is 3.50. The van der Waals surface area contributed by atoms with Crippen LogP contribution in [0.25, 0.3) is 0 Å². The molecule has 0 atom stereocenters. The molecule has 1 aromatic carbocycles. The van der Waals surface area contributed by atoms with E-state index in [1.54, 1.807) is 0 Å². The lowest BCUT2D eigenvalue weighted by molar-refractivity contribution is 0.0792. The Kier molecular flexibility index (Phi) is 4.91. The van der Waals surface area contributed by atoms with Crippen molar-refractivity contribution in [3.05, 3.63) is 35.4 Å². The van der Waals surface area contributed by atoms with Crippen LogP contribution in [0.1, 0.15) is 48.0 Å². The second-order valence-electron chi connectivity index (χ2n) is 6.43. The molecule has 0 radical (unpaired) electrons. The summed E-state index contributed by atoms with van der Waals surface area (Å²) in [6.07, 6.45) is 7.26. The highest BCUT2D eigenvalue weighted by Crippen LogP contribution is 2.20. The topological polar surface area (TPSA) is 32.3 Å². The van der Waals surface area contributed by atoms with Crippen molar-refractivity contribution >= 4 is 5.91 Å². The summed E-state index contributed by atoms with van der Waals surface area (Å²) in [5, 5.41) is 3.42. The lowest BCUT2D eigenvalue weighted by Crippen LogP contribution is -2.28. The molecular formula is C18H26N2O. The van der Waals surface area contributed by atoms with Gasteiger partial charge in [-0.2, -0.15) is 0 Å². The van der Waals surface area contributed by atoms with Gasteiger partial charge in [-0.25, -0.2) is 0 Å². The predicted octanol–water partition coefficient (Wildman–Crippen LogP) is 2.85. The zero-order valence-corrected chi connectivity index (χ0v) is 12.8. The molecule has 21 heavy (non-hydrogen) atoms. The number of amides is 1. The van der Waals surface area contributed by atoms with E-state index in [2.05, 4.69) is 17.4 Å². The second-order valence-corrected chi connectivity index (χ2v) is 6.43. The van der Waals surface area contributed by atoms with Crippen LogP contribution in [-0.4, -0.2) is 37.0 Å². The van der Waals surface area contributed by atoms with Crippen LogP contribution in [0.2, 0.25) is 0 Å². The van der Waals surface area contributed by atoms with E-state index in [0.717, 1.165) is 56.9 Å². The SMILES string of the molecule is O=C(c1cccc(CCC2CCNCC2)c1)N1CCCC1. The smallest absolute Gasteiger partial charge is 0.253 e. The molecule has 2 fully saturated rings. The van der Waals surface area contributed by atoms with Gasteiger partial charge in [0.1, 0.15) is 0 Å². The van der Waals surface area contributed by atoms with E-state index in [1.807, 2.05) is 17.0 Å². The maximum atomic E-state index is 12.4. The van der Waals surface area contributed by atoms with Crippen LogP contribution in [0.15, 0.2) is 24.3 Å². The van der Waals surface area contributed by atoms with Gasteiger partial charge in [0.15, 0.2) is 0 Å². The first-order valence-electron chi connectivity index (χ1n) is 8.42. The quantitative estimate of drug-likeness (QED) is 0.923. The molecule has 2 aliphatic rings. The summed E-state index contributed by atoms with van der Waals surface area (Å²) in [4.78, 5) is 14.4. The van der Waals surface area contributed by atoms with Crippen molar-refractivity contribution in [1.82, 2.24) is 10.2 Å². The summed E-state index contributed by atoms with van der Waals surface area (Å²) >= 11 is 0. The number of carbonyl (C=O) groups is 1. The van der Waals surface area contributed by atoms with E-state index >= 15 is 0 Å². The van der Waals surface area contributed by atoms with Crippen LogP contribution >= 0.6 is 0 Å². The van der Waals surface area contributed by atoms with E-state index in [9.17, 15) is 4.79 Å². The molecule has 2 heterocycles. The highest BCUT2D eigenvalue weighted by molar-refractivity contribution is 5.94. The van der Waals surface area contributed by atoms with Crippen molar-refractivity contribution in [1.29, 1.82) is 0 Å². The number of hydrogen-bond donors (Lipinski definition) is 1. The van der Waals surface area contributed by atoms with Crippen LogP contribution in [0.3, 0.4) is 0 Å². The average Bonchev–Trinajstić information content (AvgIpc) is 3.08. The molecule has 0 aliphatic carbocycles. The molecule has 2 aliphatic heterocycles. The van der Waals surface area contributed by atoms with E-state index in [-0.39, 0.29) is 5.91 Å². The minimum absolute atomic E-state index is 0.219. The number of carbonyl (C=O) groups excluding carboxylic acids is 1. The maximum absolute atomic E-state index is 12.4. The summed E-state index contributed by atoms with van der Waals surface area (Å²) in [7, 11) is 0. The lowest BCUT2D eigenvalue weighted by Gasteiger charge is -2.22. The van der Waals surface area contributed by atoms with E-state index in [0.29, 0.717) is 0 Å². The van der Waals surface area contributed by atoms with Gasteiger partial charge in [0.25, 0.3) is 5.91 Å². The minimum Gasteiger partial charge on any atom is -0.339 e. The van der Waals surface area contributed by atoms with Crippen molar-refractivity contribution in [2.75, 3.05) is 26.2 Å². The van der Waals surface area contributed by atoms with Crippen molar-refractivity contribution < 1.29 is 4.79 Å². The number of aryl methyl sites for hydroxylation is 1. The molecule has 3 nitrogen and oxygen atoms in total. The standard InChI is InChI=1S/C18H26N2O/c21-18(20-12-1-2-13-20)17-5-3-4-16(14-17)7-6-15-8-10-19-11-9-15/h3-5,14-15,19H,1-2,6-13H2. The average molecular weight is 286 g/mol. The van der Waals surface area contributed by atoms with Crippen LogP contribution in [0.4, 0.5) is 0 Å². The van der Waals surface area contributed by atoms with Gasteiger partial charge in [-0.15, -0.1) is 0 Å². The van der Waals surface area contributed by atoms with Crippen LogP contribution in [0.5, 0.6) is 0 Å². The highest BCUT2D eigenvalue weighted by atomic mass is 16.2. The Labute approximate surface area is 127 Å². The monoisotopic (exact) mass is 286 g/mol. The molecule has 114 valence electrons. The van der Waals surface area contributed by atoms with Crippen molar-refractivity contribution in [2.24, 2.45) is 5.92 Å². The molecule has 0 aromatic heterocycles. The number of likely N-dealkylation sites (tertiary alicyclic amines) is 1. The molecule has 1 amide bonds. The third kappa shape index (κ3) is 3.85. The molecule has 0 saturated carbocycles. The van der Waals surface area contributed by atoms with E-state index in [4.69, 9.17) is 0 Å².